The van der Waals surface area contributed by atoms with Crippen molar-refractivity contribution in [3.8, 4) is 5.69 Å². The van der Waals surface area contributed by atoms with Gasteiger partial charge < -0.3 is 5.32 Å². The molecule has 2 aromatic carbocycles. The number of rotatable bonds is 7. The molecule has 0 radical (unpaired) electrons. The number of para-hydroxylation sites is 1. The van der Waals surface area contributed by atoms with Crippen molar-refractivity contribution >= 4 is 34.3 Å². The van der Waals surface area contributed by atoms with Crippen LogP contribution >= 0.6 is 11.8 Å². The third-order valence-electron chi connectivity index (χ3n) is 5.67. The lowest BCUT2D eigenvalue weighted by molar-refractivity contribution is -0.119. The van der Waals surface area contributed by atoms with E-state index in [0.29, 0.717) is 16.3 Å². The molecule has 8 heteroatoms. The molecule has 166 valence electrons. The number of carbonyl (C=O) groups excluding carboxylic acids is 1. The second-order valence-electron chi connectivity index (χ2n) is 7.94. The summed E-state index contributed by atoms with van der Waals surface area (Å²) in [7, 11) is 0. The minimum Gasteiger partial charge on any atom is -0.353 e. The Hall–Kier alpha value is -3.13. The van der Waals surface area contributed by atoms with Crippen LogP contribution in [0.15, 0.2) is 52.4 Å². The maximum absolute atomic E-state index is 13.5. The molecule has 0 aliphatic heterocycles. The van der Waals surface area contributed by atoms with Crippen LogP contribution in [-0.2, 0) is 4.79 Å². The van der Waals surface area contributed by atoms with Gasteiger partial charge in [0.25, 0.3) is 5.56 Å². The number of carbonyl (C=O) groups is 1. The molecule has 0 fully saturated rings. The fraction of sp³-hybridized carbons (Fsp3) is 0.333. The summed E-state index contributed by atoms with van der Waals surface area (Å²) in [5.41, 5.74) is 3.45. The van der Waals surface area contributed by atoms with Crippen LogP contribution in [0.4, 0.5) is 0 Å². The highest BCUT2D eigenvalue weighted by atomic mass is 32.2. The third-order valence-corrected chi connectivity index (χ3v) is 6.60. The molecule has 0 aliphatic carbocycles. The zero-order valence-electron chi connectivity index (χ0n) is 18.8. The van der Waals surface area contributed by atoms with Crippen LogP contribution in [-0.4, -0.2) is 36.9 Å². The van der Waals surface area contributed by atoms with Gasteiger partial charge in [0.05, 0.1) is 22.3 Å². The lowest BCUT2D eigenvalue weighted by Gasteiger charge is -2.15. The van der Waals surface area contributed by atoms with Crippen LogP contribution in [0.2, 0.25) is 0 Å². The molecular formula is C24H27N5O2S. The molecule has 4 rings (SSSR count). The number of hydrogen-bond donors (Lipinski definition) is 1. The van der Waals surface area contributed by atoms with Crippen LogP contribution < -0.4 is 10.9 Å². The van der Waals surface area contributed by atoms with Gasteiger partial charge in [0.15, 0.2) is 5.16 Å². The number of nitrogens with one attached hydrogen (secondary N) is 1. The van der Waals surface area contributed by atoms with Crippen molar-refractivity contribution in [2.24, 2.45) is 0 Å². The summed E-state index contributed by atoms with van der Waals surface area (Å²) in [5.74, 6) is 0.630. The van der Waals surface area contributed by atoms with Crippen molar-refractivity contribution in [2.75, 3.05) is 5.75 Å². The second kappa shape index (κ2) is 9.16. The fourth-order valence-electron chi connectivity index (χ4n) is 3.94. The predicted octanol–water partition coefficient (Wildman–Crippen LogP) is 4.05. The summed E-state index contributed by atoms with van der Waals surface area (Å²) < 4.78 is 3.48. The summed E-state index contributed by atoms with van der Waals surface area (Å²) in [6, 6.07) is 13.6. The van der Waals surface area contributed by atoms with E-state index in [1.54, 1.807) is 4.57 Å². The predicted molar refractivity (Wildman–Crippen MR) is 129 cm³/mol. The summed E-state index contributed by atoms with van der Waals surface area (Å²) in [4.78, 5) is 25.9. The lowest BCUT2D eigenvalue weighted by Crippen LogP contribution is -2.35. The first kappa shape index (κ1) is 22.1. The average molecular weight is 450 g/mol. The Morgan fingerprint density at radius 2 is 1.84 bits per heavy atom. The molecule has 32 heavy (non-hydrogen) atoms. The van der Waals surface area contributed by atoms with E-state index in [0.717, 1.165) is 35.2 Å². The molecule has 1 N–H and O–H groups in total. The van der Waals surface area contributed by atoms with Crippen LogP contribution in [0.5, 0.6) is 0 Å². The van der Waals surface area contributed by atoms with E-state index in [1.807, 2.05) is 60.7 Å². The molecule has 0 aliphatic rings. The molecule has 2 aromatic heterocycles. The van der Waals surface area contributed by atoms with Gasteiger partial charge in [-0.3, -0.25) is 14.0 Å². The molecule has 0 atom stereocenters. The van der Waals surface area contributed by atoms with Gasteiger partial charge in [-0.1, -0.05) is 55.4 Å². The number of fused-ring (bicyclic) bond motifs is 3. The van der Waals surface area contributed by atoms with Crippen molar-refractivity contribution in [2.45, 2.75) is 51.7 Å². The largest absolute Gasteiger partial charge is 0.353 e. The van der Waals surface area contributed by atoms with Crippen molar-refractivity contribution in [3.63, 3.8) is 0 Å². The van der Waals surface area contributed by atoms with Gasteiger partial charge in [-0.25, -0.2) is 4.57 Å². The minimum atomic E-state index is -0.143. The van der Waals surface area contributed by atoms with Gasteiger partial charge in [0.2, 0.25) is 11.7 Å². The Morgan fingerprint density at radius 1 is 1.09 bits per heavy atom. The van der Waals surface area contributed by atoms with Crippen LogP contribution in [0, 0.1) is 13.8 Å². The molecular weight excluding hydrogens is 422 g/mol. The molecule has 0 bridgehead atoms. The minimum absolute atomic E-state index is 0.0348. The summed E-state index contributed by atoms with van der Waals surface area (Å²) in [5, 5.41) is 12.9. The van der Waals surface area contributed by atoms with Crippen LogP contribution in [0.25, 0.3) is 22.4 Å². The number of aryl methyl sites for hydroxylation is 2. The zero-order chi connectivity index (χ0) is 22.8. The number of thioether (sulfide) groups is 1. The van der Waals surface area contributed by atoms with Crippen molar-refractivity contribution in [1.82, 2.24) is 24.5 Å². The molecule has 7 nitrogen and oxygen atoms in total. The Bertz CT molecular complexity index is 1350. The highest BCUT2D eigenvalue weighted by Crippen LogP contribution is 2.24. The molecule has 1 amide bonds. The quantitative estimate of drug-likeness (QED) is 0.431. The standard InChI is InChI=1S/C24H27N5O2S/c1-5-17(6-2)25-21(30)14-32-24-27-26-23-28(19-12-11-15(3)13-16(19)4)22(31)18-9-7-8-10-20(18)29(23)24/h7-13,17H,5-6,14H2,1-4H3,(H,25,30). The Morgan fingerprint density at radius 3 is 2.56 bits per heavy atom. The van der Waals surface area contributed by atoms with Gasteiger partial charge in [-0.2, -0.15) is 0 Å². The van der Waals surface area contributed by atoms with E-state index in [-0.39, 0.29) is 23.3 Å². The molecule has 2 heterocycles. The first-order valence-electron chi connectivity index (χ1n) is 10.8. The highest BCUT2D eigenvalue weighted by molar-refractivity contribution is 7.99. The van der Waals surface area contributed by atoms with E-state index < -0.39 is 0 Å². The molecule has 4 aromatic rings. The maximum Gasteiger partial charge on any atom is 0.267 e. The van der Waals surface area contributed by atoms with Gasteiger partial charge in [-0.15, -0.1) is 10.2 Å². The van der Waals surface area contributed by atoms with Gasteiger partial charge in [0.1, 0.15) is 0 Å². The highest BCUT2D eigenvalue weighted by Gasteiger charge is 2.19. The molecule has 0 saturated carbocycles. The summed E-state index contributed by atoms with van der Waals surface area (Å²) in [6.45, 7) is 8.13. The maximum atomic E-state index is 13.5. The number of aromatic nitrogens is 4. The van der Waals surface area contributed by atoms with Crippen LogP contribution in [0.1, 0.15) is 37.8 Å². The van der Waals surface area contributed by atoms with E-state index in [1.165, 1.54) is 11.8 Å². The summed E-state index contributed by atoms with van der Waals surface area (Å²) in [6.07, 6.45) is 1.79. The fourth-order valence-corrected chi connectivity index (χ4v) is 4.69. The molecule has 0 unspecified atom stereocenters. The van der Waals surface area contributed by atoms with Crippen molar-refractivity contribution < 1.29 is 4.79 Å². The SMILES string of the molecule is CCC(CC)NC(=O)CSc1nnc2n(-c3ccc(C)cc3C)c(=O)c3ccccc3n12. The number of amides is 1. The van der Waals surface area contributed by atoms with E-state index in [4.69, 9.17) is 0 Å². The van der Waals surface area contributed by atoms with Gasteiger partial charge in [-0.05, 0) is 50.5 Å². The van der Waals surface area contributed by atoms with E-state index >= 15 is 0 Å². The van der Waals surface area contributed by atoms with Crippen molar-refractivity contribution in [3.05, 3.63) is 63.9 Å². The molecule has 0 spiro atoms. The van der Waals surface area contributed by atoms with E-state index in [2.05, 4.69) is 29.4 Å². The smallest absolute Gasteiger partial charge is 0.267 e. The Balaban J connectivity index is 1.83. The third kappa shape index (κ3) is 4.02. The average Bonchev–Trinajstić information content (AvgIpc) is 3.21. The number of nitrogens with zero attached hydrogens (tertiary/aromatic N) is 4. The van der Waals surface area contributed by atoms with Crippen molar-refractivity contribution in [1.29, 1.82) is 0 Å². The Labute approximate surface area is 190 Å². The summed E-state index contributed by atoms with van der Waals surface area (Å²) >= 11 is 1.32. The van der Waals surface area contributed by atoms with E-state index in [9.17, 15) is 9.59 Å². The first-order valence-corrected chi connectivity index (χ1v) is 11.8. The zero-order valence-corrected chi connectivity index (χ0v) is 19.6. The monoisotopic (exact) mass is 449 g/mol. The van der Waals surface area contributed by atoms with Gasteiger partial charge >= 0.3 is 0 Å². The van der Waals surface area contributed by atoms with Crippen LogP contribution in [0.3, 0.4) is 0 Å². The topological polar surface area (TPSA) is 81.3 Å². The number of hydrogen-bond acceptors (Lipinski definition) is 5. The lowest BCUT2D eigenvalue weighted by atomic mass is 10.1. The Kier molecular flexibility index (Phi) is 6.32. The van der Waals surface area contributed by atoms with Gasteiger partial charge in [0, 0.05) is 6.04 Å². The number of benzene rings is 2. The normalized spacial score (nSPS) is 11.5. The molecule has 0 saturated heterocycles. The second-order valence-corrected chi connectivity index (χ2v) is 8.88. The first-order chi connectivity index (χ1) is 15.4.